The van der Waals surface area contributed by atoms with E-state index in [1.54, 1.807) is 6.20 Å². The van der Waals surface area contributed by atoms with Gasteiger partial charge in [-0.25, -0.2) is 9.48 Å². The van der Waals surface area contributed by atoms with Crippen LogP contribution in [0.4, 0.5) is 5.69 Å². The second-order valence-corrected chi connectivity index (χ2v) is 4.47. The van der Waals surface area contributed by atoms with Crippen LogP contribution >= 0.6 is 0 Å². The summed E-state index contributed by atoms with van der Waals surface area (Å²) in [7, 11) is 0. The van der Waals surface area contributed by atoms with Gasteiger partial charge in [-0.1, -0.05) is 23.4 Å². The lowest BCUT2D eigenvalue weighted by Crippen LogP contribution is -2.11. The Bertz CT molecular complexity index is 778. The van der Waals surface area contributed by atoms with Gasteiger partial charge in [0.05, 0.1) is 18.3 Å². The number of carbonyl (C=O) groups is 1. The number of aromatic nitrogens is 4. The number of benzene rings is 1. The summed E-state index contributed by atoms with van der Waals surface area (Å²) >= 11 is 0. The smallest absolute Gasteiger partial charge is 0.358 e. The molecule has 0 aliphatic carbocycles. The minimum Gasteiger partial charge on any atom is -0.476 e. The molecule has 7 heteroatoms. The zero-order chi connectivity index (χ0) is 14.7. The molecule has 0 unspecified atom stereocenters. The molecule has 2 aromatic heterocycles. The van der Waals surface area contributed by atoms with E-state index in [4.69, 9.17) is 5.11 Å². The minimum atomic E-state index is -1.07. The predicted molar refractivity (Wildman–Crippen MR) is 77.2 cm³/mol. The third kappa shape index (κ3) is 2.81. The van der Waals surface area contributed by atoms with Gasteiger partial charge in [0, 0.05) is 23.8 Å². The van der Waals surface area contributed by atoms with Crippen molar-refractivity contribution >= 4 is 22.6 Å². The van der Waals surface area contributed by atoms with Crippen LogP contribution in [0.25, 0.3) is 10.9 Å². The molecule has 2 heterocycles. The van der Waals surface area contributed by atoms with Gasteiger partial charge < -0.3 is 10.4 Å². The number of fused-ring (bicyclic) bond motifs is 1. The van der Waals surface area contributed by atoms with E-state index in [0.717, 1.165) is 16.6 Å². The zero-order valence-electron chi connectivity index (χ0n) is 11.1. The molecule has 3 rings (SSSR count). The van der Waals surface area contributed by atoms with Gasteiger partial charge in [-0.2, -0.15) is 0 Å². The average molecular weight is 283 g/mol. The molecule has 0 radical (unpaired) electrons. The lowest BCUT2D eigenvalue weighted by Gasteiger charge is -2.08. The molecular weight excluding hydrogens is 270 g/mol. The fourth-order valence-electron chi connectivity index (χ4n) is 2.06. The quantitative estimate of drug-likeness (QED) is 0.739. The number of rotatable bonds is 5. The first-order chi connectivity index (χ1) is 10.2. The molecule has 1 aromatic carbocycles. The number of carboxylic acids is 1. The summed E-state index contributed by atoms with van der Waals surface area (Å²) in [6, 6.07) is 9.78. The summed E-state index contributed by atoms with van der Waals surface area (Å²) in [5.74, 6) is -1.07. The molecule has 21 heavy (non-hydrogen) atoms. The highest BCUT2D eigenvalue weighted by Gasteiger charge is 2.07. The molecule has 0 aliphatic rings. The van der Waals surface area contributed by atoms with E-state index in [-0.39, 0.29) is 5.69 Å². The number of pyridine rings is 1. The van der Waals surface area contributed by atoms with Gasteiger partial charge in [0.25, 0.3) is 0 Å². The van der Waals surface area contributed by atoms with E-state index < -0.39 is 5.97 Å². The summed E-state index contributed by atoms with van der Waals surface area (Å²) in [4.78, 5) is 15.0. The Morgan fingerprint density at radius 1 is 1.29 bits per heavy atom. The van der Waals surface area contributed by atoms with Crippen molar-refractivity contribution in [1.82, 2.24) is 20.0 Å². The van der Waals surface area contributed by atoms with Crippen LogP contribution in [0.15, 0.2) is 42.7 Å². The topological polar surface area (TPSA) is 92.9 Å². The second-order valence-electron chi connectivity index (χ2n) is 4.47. The van der Waals surface area contributed by atoms with Crippen molar-refractivity contribution in [2.45, 2.75) is 6.54 Å². The number of para-hydroxylation sites is 1. The highest BCUT2D eigenvalue weighted by Crippen LogP contribution is 2.20. The third-order valence-electron chi connectivity index (χ3n) is 3.06. The van der Waals surface area contributed by atoms with Crippen LogP contribution in [0.5, 0.6) is 0 Å². The van der Waals surface area contributed by atoms with E-state index in [0.29, 0.717) is 13.1 Å². The maximum absolute atomic E-state index is 10.7. The van der Waals surface area contributed by atoms with E-state index in [1.807, 2.05) is 30.3 Å². The van der Waals surface area contributed by atoms with Crippen molar-refractivity contribution in [3.05, 3.63) is 48.4 Å². The SMILES string of the molecule is O=C(O)c1cn(CCNc2ccnc3ccccc23)nn1. The van der Waals surface area contributed by atoms with Gasteiger partial charge in [-0.05, 0) is 12.1 Å². The molecule has 0 amide bonds. The van der Waals surface area contributed by atoms with Gasteiger partial charge >= 0.3 is 5.97 Å². The Morgan fingerprint density at radius 3 is 2.95 bits per heavy atom. The molecule has 0 bridgehead atoms. The molecule has 7 nitrogen and oxygen atoms in total. The molecule has 0 saturated heterocycles. The van der Waals surface area contributed by atoms with Gasteiger partial charge in [-0.3, -0.25) is 4.98 Å². The maximum atomic E-state index is 10.7. The number of nitrogens with one attached hydrogen (secondary N) is 1. The fourth-order valence-corrected chi connectivity index (χ4v) is 2.06. The van der Waals surface area contributed by atoms with Crippen molar-refractivity contribution < 1.29 is 9.90 Å². The normalized spacial score (nSPS) is 10.7. The van der Waals surface area contributed by atoms with E-state index in [9.17, 15) is 4.79 Å². The number of hydrogen-bond acceptors (Lipinski definition) is 5. The molecule has 106 valence electrons. The Labute approximate surface area is 120 Å². The van der Waals surface area contributed by atoms with Crippen molar-refractivity contribution in [3.63, 3.8) is 0 Å². The van der Waals surface area contributed by atoms with Gasteiger partial charge in [0.15, 0.2) is 5.69 Å². The van der Waals surface area contributed by atoms with E-state index in [2.05, 4.69) is 20.6 Å². The number of carboxylic acid groups (broad SMARTS) is 1. The van der Waals surface area contributed by atoms with Gasteiger partial charge in [0.2, 0.25) is 0 Å². The molecule has 0 atom stereocenters. The Kier molecular flexibility index (Phi) is 3.46. The third-order valence-corrected chi connectivity index (χ3v) is 3.06. The van der Waals surface area contributed by atoms with Crippen LogP contribution in [0, 0.1) is 0 Å². The Balaban J connectivity index is 1.68. The van der Waals surface area contributed by atoms with Crippen molar-refractivity contribution in [1.29, 1.82) is 0 Å². The summed E-state index contributed by atoms with van der Waals surface area (Å²) in [5, 5.41) is 20.5. The van der Waals surface area contributed by atoms with Crippen molar-refractivity contribution in [2.75, 3.05) is 11.9 Å². The van der Waals surface area contributed by atoms with E-state index in [1.165, 1.54) is 10.9 Å². The molecule has 3 aromatic rings. The zero-order valence-corrected chi connectivity index (χ0v) is 11.1. The van der Waals surface area contributed by atoms with Gasteiger partial charge in [-0.15, -0.1) is 5.10 Å². The Hall–Kier alpha value is -2.96. The minimum absolute atomic E-state index is 0.0515. The number of aromatic carboxylic acids is 1. The molecule has 0 aliphatic heterocycles. The standard InChI is InChI=1S/C14H13N5O2/c20-14(21)13-9-19(18-17-13)8-7-16-12-5-6-15-11-4-2-1-3-10(11)12/h1-6,9H,7-8H2,(H,15,16)(H,20,21). The molecule has 0 spiro atoms. The van der Waals surface area contributed by atoms with Crippen LogP contribution < -0.4 is 5.32 Å². The molecular formula is C14H13N5O2. The summed E-state index contributed by atoms with van der Waals surface area (Å²) in [6.07, 6.45) is 3.16. The summed E-state index contributed by atoms with van der Waals surface area (Å²) in [5.41, 5.74) is 1.86. The summed E-state index contributed by atoms with van der Waals surface area (Å²) in [6.45, 7) is 1.13. The highest BCUT2D eigenvalue weighted by atomic mass is 16.4. The van der Waals surface area contributed by atoms with Crippen LogP contribution in [0.3, 0.4) is 0 Å². The molecule has 2 N–H and O–H groups in total. The summed E-state index contributed by atoms with van der Waals surface area (Å²) < 4.78 is 1.50. The van der Waals surface area contributed by atoms with Crippen LogP contribution in [0.1, 0.15) is 10.5 Å². The van der Waals surface area contributed by atoms with Gasteiger partial charge in [0.1, 0.15) is 0 Å². The first-order valence-corrected chi connectivity index (χ1v) is 6.45. The molecule has 0 fully saturated rings. The van der Waals surface area contributed by atoms with Crippen LogP contribution in [-0.4, -0.2) is 37.6 Å². The lowest BCUT2D eigenvalue weighted by molar-refractivity contribution is 0.0690. The Morgan fingerprint density at radius 2 is 2.14 bits per heavy atom. The second kappa shape index (κ2) is 5.58. The van der Waals surface area contributed by atoms with Crippen LogP contribution in [0.2, 0.25) is 0 Å². The largest absolute Gasteiger partial charge is 0.476 e. The maximum Gasteiger partial charge on any atom is 0.358 e. The van der Waals surface area contributed by atoms with Crippen molar-refractivity contribution in [2.24, 2.45) is 0 Å². The highest BCUT2D eigenvalue weighted by molar-refractivity contribution is 5.90. The number of nitrogens with zero attached hydrogens (tertiary/aromatic N) is 4. The fraction of sp³-hybridized carbons (Fsp3) is 0.143. The van der Waals surface area contributed by atoms with Crippen molar-refractivity contribution in [3.8, 4) is 0 Å². The van der Waals surface area contributed by atoms with E-state index >= 15 is 0 Å². The predicted octanol–water partition coefficient (Wildman–Crippen LogP) is 1.64. The number of anilines is 1. The molecule has 0 saturated carbocycles. The number of hydrogen-bond donors (Lipinski definition) is 2. The van der Waals surface area contributed by atoms with Crippen LogP contribution in [-0.2, 0) is 6.54 Å². The monoisotopic (exact) mass is 283 g/mol. The average Bonchev–Trinajstić information content (AvgIpc) is 2.97. The first-order valence-electron chi connectivity index (χ1n) is 6.45. The lowest BCUT2D eigenvalue weighted by atomic mass is 10.2. The first kappa shape index (κ1) is 13.0.